The minimum atomic E-state index is -0.125. The van der Waals surface area contributed by atoms with Crippen LogP contribution in [0.4, 0.5) is 0 Å². The summed E-state index contributed by atoms with van der Waals surface area (Å²) in [6, 6.07) is 0.738. The summed E-state index contributed by atoms with van der Waals surface area (Å²) in [6.07, 6.45) is 7.56. The van der Waals surface area contributed by atoms with Crippen molar-refractivity contribution in [1.29, 1.82) is 0 Å². The predicted molar refractivity (Wildman–Crippen MR) is 58.2 cm³/mol. The summed E-state index contributed by atoms with van der Waals surface area (Å²) < 4.78 is 0. The van der Waals surface area contributed by atoms with Crippen molar-refractivity contribution in [3.8, 4) is 0 Å². The summed E-state index contributed by atoms with van der Waals surface area (Å²) in [6.45, 7) is 2.94. The van der Waals surface area contributed by atoms with Crippen molar-refractivity contribution in [2.24, 2.45) is 11.8 Å². The maximum Gasteiger partial charge on any atom is 0.0664 e. The van der Waals surface area contributed by atoms with E-state index in [0.29, 0.717) is 0 Å². The Bertz CT molecular complexity index is 163. The van der Waals surface area contributed by atoms with Crippen LogP contribution in [0, 0.1) is 11.8 Å². The molecule has 82 valence electrons. The summed E-state index contributed by atoms with van der Waals surface area (Å²) in [7, 11) is 0. The molecule has 2 aliphatic rings. The van der Waals surface area contributed by atoms with E-state index in [1.807, 2.05) is 0 Å². The van der Waals surface area contributed by atoms with Gasteiger partial charge < -0.3 is 10.4 Å². The van der Waals surface area contributed by atoms with Crippen LogP contribution in [-0.2, 0) is 0 Å². The lowest BCUT2D eigenvalue weighted by Gasteiger charge is -2.19. The summed E-state index contributed by atoms with van der Waals surface area (Å²) in [5.74, 6) is 1.88. The zero-order valence-corrected chi connectivity index (χ0v) is 9.21. The van der Waals surface area contributed by atoms with Crippen molar-refractivity contribution in [2.45, 2.75) is 57.6 Å². The summed E-state index contributed by atoms with van der Waals surface area (Å²) in [5.41, 5.74) is 0. The van der Waals surface area contributed by atoms with Gasteiger partial charge in [0.1, 0.15) is 0 Å². The highest BCUT2D eigenvalue weighted by atomic mass is 16.3. The lowest BCUT2D eigenvalue weighted by Crippen LogP contribution is -2.38. The van der Waals surface area contributed by atoms with E-state index in [-0.39, 0.29) is 6.10 Å². The summed E-state index contributed by atoms with van der Waals surface area (Å²) in [4.78, 5) is 0. The third-order valence-corrected chi connectivity index (χ3v) is 3.47. The normalized spacial score (nSPS) is 24.2. The van der Waals surface area contributed by atoms with E-state index >= 15 is 0 Å². The predicted octanol–water partition coefficient (Wildman–Crippen LogP) is 1.93. The molecule has 0 aromatic rings. The van der Waals surface area contributed by atoms with Gasteiger partial charge in [-0.05, 0) is 43.9 Å². The first kappa shape index (κ1) is 10.4. The molecule has 0 spiro atoms. The fraction of sp³-hybridized carbons (Fsp3) is 1.00. The number of aliphatic hydroxyl groups excluding tert-OH is 1. The van der Waals surface area contributed by atoms with Gasteiger partial charge in [0, 0.05) is 12.6 Å². The molecular formula is C12H23NO. The highest BCUT2D eigenvalue weighted by Crippen LogP contribution is 2.44. The Morgan fingerprint density at radius 3 is 2.21 bits per heavy atom. The van der Waals surface area contributed by atoms with Gasteiger partial charge in [-0.3, -0.25) is 0 Å². The van der Waals surface area contributed by atoms with Gasteiger partial charge in [-0.1, -0.05) is 13.3 Å². The molecule has 1 atom stereocenters. The highest BCUT2D eigenvalue weighted by Gasteiger charge is 2.41. The molecule has 0 saturated heterocycles. The van der Waals surface area contributed by atoms with E-state index in [1.165, 1.54) is 25.7 Å². The molecule has 0 bridgehead atoms. The van der Waals surface area contributed by atoms with Crippen LogP contribution in [0.3, 0.4) is 0 Å². The van der Waals surface area contributed by atoms with Crippen molar-refractivity contribution >= 4 is 0 Å². The number of nitrogens with one attached hydrogen (secondary N) is 1. The van der Waals surface area contributed by atoms with Gasteiger partial charge in [-0.2, -0.15) is 0 Å². The number of aliphatic hydroxyl groups is 1. The third kappa shape index (κ3) is 2.96. The molecule has 2 rings (SSSR count). The van der Waals surface area contributed by atoms with Crippen LogP contribution in [0.15, 0.2) is 0 Å². The molecule has 0 amide bonds. The van der Waals surface area contributed by atoms with Crippen LogP contribution in [0.1, 0.15) is 45.4 Å². The minimum absolute atomic E-state index is 0.125. The first-order valence-corrected chi connectivity index (χ1v) is 6.22. The average molecular weight is 197 g/mol. The second kappa shape index (κ2) is 4.63. The van der Waals surface area contributed by atoms with Gasteiger partial charge >= 0.3 is 0 Å². The quantitative estimate of drug-likeness (QED) is 0.653. The average Bonchev–Trinajstić information content (AvgIpc) is 3.01. The van der Waals surface area contributed by atoms with Crippen LogP contribution in [0.2, 0.25) is 0 Å². The van der Waals surface area contributed by atoms with Gasteiger partial charge in [0.25, 0.3) is 0 Å². The van der Waals surface area contributed by atoms with Gasteiger partial charge in [0.2, 0.25) is 0 Å². The Kier molecular flexibility index (Phi) is 3.45. The van der Waals surface area contributed by atoms with Crippen molar-refractivity contribution in [3.05, 3.63) is 0 Å². The SMILES string of the molecule is CCCC(O)CNC(C1CC1)C1CC1. The van der Waals surface area contributed by atoms with Crippen molar-refractivity contribution < 1.29 is 5.11 Å². The summed E-state index contributed by atoms with van der Waals surface area (Å²) >= 11 is 0. The first-order valence-electron chi connectivity index (χ1n) is 6.22. The lowest BCUT2D eigenvalue weighted by molar-refractivity contribution is 0.153. The minimum Gasteiger partial charge on any atom is -0.392 e. The Morgan fingerprint density at radius 2 is 1.79 bits per heavy atom. The first-order chi connectivity index (χ1) is 6.81. The Labute approximate surface area is 87.1 Å². The molecule has 1 unspecified atom stereocenters. The van der Waals surface area contributed by atoms with E-state index in [0.717, 1.165) is 37.3 Å². The van der Waals surface area contributed by atoms with E-state index in [2.05, 4.69) is 12.2 Å². The molecular weight excluding hydrogens is 174 g/mol. The fourth-order valence-corrected chi connectivity index (χ4v) is 2.34. The molecule has 2 fully saturated rings. The molecule has 2 N–H and O–H groups in total. The van der Waals surface area contributed by atoms with Crippen LogP contribution < -0.4 is 5.32 Å². The Balaban J connectivity index is 1.66. The topological polar surface area (TPSA) is 32.3 Å². The largest absolute Gasteiger partial charge is 0.392 e. The molecule has 0 aliphatic heterocycles. The van der Waals surface area contributed by atoms with Gasteiger partial charge in [-0.15, -0.1) is 0 Å². The zero-order chi connectivity index (χ0) is 9.97. The standard InChI is InChI=1S/C12H23NO/c1-2-3-11(14)8-13-12(9-4-5-9)10-6-7-10/h9-14H,2-8H2,1H3. The maximum absolute atomic E-state index is 9.64. The van der Waals surface area contributed by atoms with E-state index in [4.69, 9.17) is 0 Å². The van der Waals surface area contributed by atoms with Crippen LogP contribution in [0.5, 0.6) is 0 Å². The van der Waals surface area contributed by atoms with Crippen LogP contribution >= 0.6 is 0 Å². The van der Waals surface area contributed by atoms with Crippen molar-refractivity contribution in [3.63, 3.8) is 0 Å². The molecule has 14 heavy (non-hydrogen) atoms. The van der Waals surface area contributed by atoms with Gasteiger partial charge in [-0.25, -0.2) is 0 Å². The van der Waals surface area contributed by atoms with Crippen LogP contribution in [0.25, 0.3) is 0 Å². The lowest BCUT2D eigenvalue weighted by atomic mass is 10.1. The van der Waals surface area contributed by atoms with E-state index in [9.17, 15) is 5.11 Å². The molecule has 2 heteroatoms. The second-order valence-corrected chi connectivity index (χ2v) is 5.05. The Morgan fingerprint density at radius 1 is 1.21 bits per heavy atom. The van der Waals surface area contributed by atoms with E-state index < -0.39 is 0 Å². The number of hydrogen-bond donors (Lipinski definition) is 2. The zero-order valence-electron chi connectivity index (χ0n) is 9.21. The molecule has 0 aromatic heterocycles. The Hall–Kier alpha value is -0.0800. The highest BCUT2D eigenvalue weighted by molar-refractivity contribution is 4.96. The number of hydrogen-bond acceptors (Lipinski definition) is 2. The fourth-order valence-electron chi connectivity index (χ4n) is 2.34. The third-order valence-electron chi connectivity index (χ3n) is 3.47. The molecule has 0 heterocycles. The van der Waals surface area contributed by atoms with Crippen molar-refractivity contribution in [1.82, 2.24) is 5.32 Å². The smallest absolute Gasteiger partial charge is 0.0664 e. The van der Waals surface area contributed by atoms with Gasteiger partial charge in [0.05, 0.1) is 6.10 Å². The maximum atomic E-state index is 9.64. The van der Waals surface area contributed by atoms with Crippen LogP contribution in [-0.4, -0.2) is 23.8 Å². The van der Waals surface area contributed by atoms with Crippen molar-refractivity contribution in [2.75, 3.05) is 6.54 Å². The number of rotatable bonds is 7. The molecule has 0 aromatic carbocycles. The molecule has 2 nitrogen and oxygen atoms in total. The molecule has 0 radical (unpaired) electrons. The monoisotopic (exact) mass is 197 g/mol. The molecule has 2 aliphatic carbocycles. The van der Waals surface area contributed by atoms with E-state index in [1.54, 1.807) is 0 Å². The summed E-state index contributed by atoms with van der Waals surface area (Å²) in [5, 5.41) is 13.2. The van der Waals surface area contributed by atoms with Gasteiger partial charge in [0.15, 0.2) is 0 Å². The second-order valence-electron chi connectivity index (χ2n) is 5.05. The molecule has 2 saturated carbocycles.